The van der Waals surface area contributed by atoms with Crippen LogP contribution in [0.15, 0.2) is 30.3 Å². The van der Waals surface area contributed by atoms with Crippen molar-refractivity contribution in [3.63, 3.8) is 0 Å². The molecule has 17 heavy (non-hydrogen) atoms. The lowest BCUT2D eigenvalue weighted by Crippen LogP contribution is -2.30. The Morgan fingerprint density at radius 2 is 2.12 bits per heavy atom. The van der Waals surface area contributed by atoms with Crippen molar-refractivity contribution in [1.82, 2.24) is 5.32 Å². The summed E-state index contributed by atoms with van der Waals surface area (Å²) in [7, 11) is 0. The number of carbonyl (C=O) groups excluding carboxylic acids is 1. The van der Waals surface area contributed by atoms with E-state index in [1.807, 2.05) is 30.3 Å². The molecular weight excluding hydrogens is 216 g/mol. The fourth-order valence-corrected chi connectivity index (χ4v) is 1.60. The van der Waals surface area contributed by atoms with Gasteiger partial charge in [0.15, 0.2) is 0 Å². The van der Waals surface area contributed by atoms with Gasteiger partial charge in [0, 0.05) is 19.1 Å². The number of nitrogens with two attached hydrogens (primary N) is 1. The Morgan fingerprint density at radius 1 is 1.41 bits per heavy atom. The average molecular weight is 236 g/mol. The van der Waals surface area contributed by atoms with Crippen molar-refractivity contribution in [2.24, 2.45) is 5.73 Å². The van der Waals surface area contributed by atoms with Crippen LogP contribution in [-0.2, 0) is 9.53 Å². The molecule has 0 fully saturated rings. The standard InChI is InChI=1S/C13H20N2O2/c1-2-17-13(16)8-9-15-12(10-14)11-6-4-3-5-7-11/h3-7,12,15H,2,8-10,14H2,1H3. The highest BCUT2D eigenvalue weighted by molar-refractivity contribution is 5.69. The van der Waals surface area contributed by atoms with Gasteiger partial charge in [-0.05, 0) is 12.5 Å². The molecule has 0 spiro atoms. The number of hydrogen-bond donors (Lipinski definition) is 2. The summed E-state index contributed by atoms with van der Waals surface area (Å²) < 4.78 is 4.85. The maximum absolute atomic E-state index is 11.2. The van der Waals surface area contributed by atoms with E-state index in [2.05, 4.69) is 5.32 Å². The molecule has 1 atom stereocenters. The van der Waals surface area contributed by atoms with Crippen molar-refractivity contribution in [2.75, 3.05) is 19.7 Å². The minimum Gasteiger partial charge on any atom is -0.466 e. The zero-order chi connectivity index (χ0) is 12.5. The summed E-state index contributed by atoms with van der Waals surface area (Å²) in [5.74, 6) is -0.177. The van der Waals surface area contributed by atoms with Crippen molar-refractivity contribution in [3.8, 4) is 0 Å². The van der Waals surface area contributed by atoms with E-state index in [0.29, 0.717) is 26.1 Å². The number of carbonyl (C=O) groups is 1. The first kappa shape index (κ1) is 13.7. The maximum atomic E-state index is 11.2. The lowest BCUT2D eigenvalue weighted by molar-refractivity contribution is -0.143. The number of hydrogen-bond acceptors (Lipinski definition) is 4. The molecule has 3 N–H and O–H groups in total. The molecule has 0 aromatic heterocycles. The fraction of sp³-hybridized carbons (Fsp3) is 0.462. The predicted octanol–water partition coefficient (Wildman–Crippen LogP) is 1.23. The summed E-state index contributed by atoms with van der Waals surface area (Å²) in [6, 6.07) is 10.1. The molecule has 1 aromatic carbocycles. The summed E-state index contributed by atoms with van der Waals surface area (Å²) in [6.45, 7) is 3.32. The normalized spacial score (nSPS) is 12.1. The monoisotopic (exact) mass is 236 g/mol. The molecule has 0 aliphatic rings. The average Bonchev–Trinajstić information content (AvgIpc) is 2.36. The number of nitrogens with one attached hydrogen (secondary N) is 1. The van der Waals surface area contributed by atoms with E-state index in [1.54, 1.807) is 6.92 Å². The highest BCUT2D eigenvalue weighted by atomic mass is 16.5. The number of benzene rings is 1. The number of esters is 1. The van der Waals surface area contributed by atoms with Gasteiger partial charge in [-0.1, -0.05) is 30.3 Å². The van der Waals surface area contributed by atoms with E-state index in [9.17, 15) is 4.79 Å². The second-order valence-corrected chi connectivity index (χ2v) is 3.71. The van der Waals surface area contributed by atoms with Crippen molar-refractivity contribution in [2.45, 2.75) is 19.4 Å². The molecule has 0 saturated heterocycles. The van der Waals surface area contributed by atoms with Gasteiger partial charge in [0.1, 0.15) is 0 Å². The zero-order valence-corrected chi connectivity index (χ0v) is 10.2. The van der Waals surface area contributed by atoms with Crippen LogP contribution >= 0.6 is 0 Å². The van der Waals surface area contributed by atoms with E-state index < -0.39 is 0 Å². The Balaban J connectivity index is 2.36. The van der Waals surface area contributed by atoms with E-state index in [0.717, 1.165) is 5.56 Å². The van der Waals surface area contributed by atoms with Crippen molar-refractivity contribution < 1.29 is 9.53 Å². The molecule has 0 amide bonds. The second kappa shape index (κ2) is 7.81. The van der Waals surface area contributed by atoms with Crippen LogP contribution in [0.25, 0.3) is 0 Å². The summed E-state index contributed by atoms with van der Waals surface area (Å²) >= 11 is 0. The highest BCUT2D eigenvalue weighted by Crippen LogP contribution is 2.10. The van der Waals surface area contributed by atoms with Gasteiger partial charge in [0.25, 0.3) is 0 Å². The maximum Gasteiger partial charge on any atom is 0.307 e. The molecule has 0 saturated carbocycles. The van der Waals surface area contributed by atoms with Gasteiger partial charge in [-0.3, -0.25) is 4.79 Å². The summed E-state index contributed by atoms with van der Waals surface area (Å²) in [4.78, 5) is 11.2. The third kappa shape index (κ3) is 4.97. The van der Waals surface area contributed by atoms with Gasteiger partial charge < -0.3 is 15.8 Å². The fourth-order valence-electron chi connectivity index (χ4n) is 1.60. The molecule has 1 rings (SSSR count). The van der Waals surface area contributed by atoms with Gasteiger partial charge in [0.05, 0.1) is 13.0 Å². The Hall–Kier alpha value is -1.39. The van der Waals surface area contributed by atoms with Crippen LogP contribution in [0.3, 0.4) is 0 Å². The van der Waals surface area contributed by atoms with Crippen LogP contribution in [0.4, 0.5) is 0 Å². The van der Waals surface area contributed by atoms with Crippen molar-refractivity contribution in [3.05, 3.63) is 35.9 Å². The first-order chi connectivity index (χ1) is 8.27. The minimum absolute atomic E-state index is 0.0885. The zero-order valence-electron chi connectivity index (χ0n) is 10.2. The molecule has 1 unspecified atom stereocenters. The Morgan fingerprint density at radius 3 is 2.71 bits per heavy atom. The van der Waals surface area contributed by atoms with Gasteiger partial charge >= 0.3 is 5.97 Å². The van der Waals surface area contributed by atoms with Gasteiger partial charge in [-0.2, -0.15) is 0 Å². The van der Waals surface area contributed by atoms with Crippen LogP contribution in [0.5, 0.6) is 0 Å². The molecular formula is C13H20N2O2. The lowest BCUT2D eigenvalue weighted by atomic mass is 10.1. The highest BCUT2D eigenvalue weighted by Gasteiger charge is 2.09. The Bertz CT molecular complexity index is 327. The van der Waals surface area contributed by atoms with Crippen LogP contribution in [-0.4, -0.2) is 25.7 Å². The quantitative estimate of drug-likeness (QED) is 0.699. The first-order valence-electron chi connectivity index (χ1n) is 5.92. The van der Waals surface area contributed by atoms with E-state index in [4.69, 9.17) is 10.5 Å². The van der Waals surface area contributed by atoms with Crippen LogP contribution in [0, 0.1) is 0 Å². The molecule has 0 radical (unpaired) electrons. The minimum atomic E-state index is -0.177. The molecule has 4 heteroatoms. The number of ether oxygens (including phenoxy) is 1. The molecule has 0 heterocycles. The molecule has 1 aromatic rings. The second-order valence-electron chi connectivity index (χ2n) is 3.71. The van der Waals surface area contributed by atoms with Gasteiger partial charge in [-0.15, -0.1) is 0 Å². The third-order valence-corrected chi connectivity index (χ3v) is 2.46. The van der Waals surface area contributed by atoms with Crippen molar-refractivity contribution in [1.29, 1.82) is 0 Å². The smallest absolute Gasteiger partial charge is 0.307 e. The van der Waals surface area contributed by atoms with E-state index in [1.165, 1.54) is 0 Å². The van der Waals surface area contributed by atoms with Gasteiger partial charge in [0.2, 0.25) is 0 Å². The van der Waals surface area contributed by atoms with E-state index in [-0.39, 0.29) is 12.0 Å². The Labute approximate surface area is 102 Å². The first-order valence-corrected chi connectivity index (χ1v) is 5.92. The molecule has 0 aliphatic carbocycles. The van der Waals surface area contributed by atoms with Crippen molar-refractivity contribution >= 4 is 5.97 Å². The number of rotatable bonds is 7. The van der Waals surface area contributed by atoms with Gasteiger partial charge in [-0.25, -0.2) is 0 Å². The molecule has 0 bridgehead atoms. The summed E-state index contributed by atoms with van der Waals surface area (Å²) in [6.07, 6.45) is 0.372. The van der Waals surface area contributed by atoms with Crippen LogP contribution in [0.2, 0.25) is 0 Å². The third-order valence-electron chi connectivity index (χ3n) is 2.46. The van der Waals surface area contributed by atoms with Crippen LogP contribution in [0.1, 0.15) is 24.9 Å². The lowest BCUT2D eigenvalue weighted by Gasteiger charge is -2.16. The summed E-state index contributed by atoms with van der Waals surface area (Å²) in [5, 5.41) is 3.25. The topological polar surface area (TPSA) is 64.3 Å². The summed E-state index contributed by atoms with van der Waals surface area (Å²) in [5.41, 5.74) is 6.84. The Kier molecular flexibility index (Phi) is 6.29. The predicted molar refractivity (Wildman–Crippen MR) is 67.5 cm³/mol. The van der Waals surface area contributed by atoms with Crippen LogP contribution < -0.4 is 11.1 Å². The van der Waals surface area contributed by atoms with E-state index >= 15 is 0 Å². The SMILES string of the molecule is CCOC(=O)CCNC(CN)c1ccccc1. The molecule has 0 aliphatic heterocycles. The largest absolute Gasteiger partial charge is 0.466 e. The molecule has 4 nitrogen and oxygen atoms in total. The molecule has 94 valence electrons.